The van der Waals surface area contributed by atoms with Crippen LogP contribution in [0.4, 0.5) is 5.69 Å². The van der Waals surface area contributed by atoms with Crippen molar-refractivity contribution in [2.45, 2.75) is 39.0 Å². The van der Waals surface area contributed by atoms with Gasteiger partial charge in [0.2, 0.25) is 0 Å². The first-order valence-corrected chi connectivity index (χ1v) is 7.30. The number of rotatable bonds is 6. The summed E-state index contributed by atoms with van der Waals surface area (Å²) in [6.45, 7) is 2.18. The lowest BCUT2D eigenvalue weighted by atomic mass is 10.1. The van der Waals surface area contributed by atoms with Crippen LogP contribution in [0.1, 0.15) is 39.0 Å². The molecule has 0 fully saturated rings. The molecule has 104 valence electrons. The molecule has 0 bridgehead atoms. The van der Waals surface area contributed by atoms with Gasteiger partial charge in [-0.3, -0.25) is 0 Å². The van der Waals surface area contributed by atoms with Gasteiger partial charge in [-0.2, -0.15) is 0 Å². The number of nitrogens with one attached hydrogen (secondary N) is 1. The minimum atomic E-state index is 0.348. The van der Waals surface area contributed by atoms with Gasteiger partial charge in [-0.25, -0.2) is 4.99 Å². The lowest BCUT2D eigenvalue weighted by molar-refractivity contribution is 0.682. The number of halogens is 1. The van der Waals surface area contributed by atoms with Crippen LogP contribution in [0.25, 0.3) is 0 Å². The van der Waals surface area contributed by atoms with Crippen LogP contribution in [-0.4, -0.2) is 10.9 Å². The predicted octanol–water partition coefficient (Wildman–Crippen LogP) is 4.36. The Hall–Kier alpha value is -1.13. The molecule has 0 spiro atoms. The molecule has 0 unspecified atom stereocenters. The predicted molar refractivity (Wildman–Crippen MR) is 88.1 cm³/mol. The molecule has 1 aromatic carbocycles. The molecule has 0 atom stereocenters. The molecular formula is C14H20ClN3S. The first-order valence-electron chi connectivity index (χ1n) is 6.52. The summed E-state index contributed by atoms with van der Waals surface area (Å²) in [6, 6.07) is 7.39. The van der Waals surface area contributed by atoms with E-state index in [1.807, 2.05) is 18.2 Å². The maximum Gasteiger partial charge on any atom is 0.198 e. The normalized spacial score (nSPS) is 11.4. The average Bonchev–Trinajstić information content (AvgIpc) is 2.37. The first-order chi connectivity index (χ1) is 9.13. The number of hydrogen-bond donors (Lipinski definition) is 2. The van der Waals surface area contributed by atoms with Crippen LogP contribution >= 0.6 is 23.8 Å². The highest BCUT2D eigenvalue weighted by Crippen LogP contribution is 2.20. The Labute approximate surface area is 125 Å². The molecule has 1 aromatic rings. The number of nitrogens with zero attached hydrogens (tertiary/aromatic N) is 1. The largest absolute Gasteiger partial charge is 0.387 e. The number of hydrogen-bond acceptors (Lipinski definition) is 1. The Bertz CT molecular complexity index is 446. The molecule has 0 heterocycles. The van der Waals surface area contributed by atoms with Gasteiger partial charge >= 0.3 is 0 Å². The standard InChI is InChI=1S/C14H20ClN3S/c1-2-3-4-5-10-13(16)18-14(19)17-12-9-7-6-8-11(12)15/h6-9H,2-5,10H2,1H3,(H3,16,17,18,19). The van der Waals surface area contributed by atoms with E-state index in [2.05, 4.69) is 17.2 Å². The molecule has 0 saturated heterocycles. The summed E-state index contributed by atoms with van der Waals surface area (Å²) in [6.07, 6.45) is 5.46. The monoisotopic (exact) mass is 297 g/mol. The number of para-hydroxylation sites is 1. The SMILES string of the molecule is CCCCCCC(N)=NC(=S)Nc1ccccc1Cl. The summed E-state index contributed by atoms with van der Waals surface area (Å²) in [5.74, 6) is 0.570. The number of amidine groups is 1. The van der Waals surface area contributed by atoms with E-state index >= 15 is 0 Å². The Morgan fingerprint density at radius 2 is 2.05 bits per heavy atom. The van der Waals surface area contributed by atoms with Gasteiger partial charge in [0.15, 0.2) is 5.11 Å². The molecule has 0 aromatic heterocycles. The van der Waals surface area contributed by atoms with E-state index in [9.17, 15) is 0 Å². The summed E-state index contributed by atoms with van der Waals surface area (Å²) >= 11 is 11.2. The Morgan fingerprint density at radius 3 is 2.74 bits per heavy atom. The molecule has 3 nitrogen and oxygen atoms in total. The second-order valence-electron chi connectivity index (χ2n) is 4.32. The summed E-state index contributed by atoms with van der Waals surface area (Å²) in [5.41, 5.74) is 6.59. The van der Waals surface area contributed by atoms with Crippen molar-refractivity contribution in [3.05, 3.63) is 29.3 Å². The highest BCUT2D eigenvalue weighted by molar-refractivity contribution is 7.80. The summed E-state index contributed by atoms with van der Waals surface area (Å²) in [7, 11) is 0. The van der Waals surface area contributed by atoms with Gasteiger partial charge < -0.3 is 11.1 Å². The first kappa shape index (κ1) is 15.9. The van der Waals surface area contributed by atoms with Crippen LogP contribution in [0, 0.1) is 0 Å². The van der Waals surface area contributed by atoms with Crippen molar-refractivity contribution in [2.24, 2.45) is 10.7 Å². The third kappa shape index (κ3) is 6.55. The summed E-state index contributed by atoms with van der Waals surface area (Å²) in [5, 5.41) is 3.94. The van der Waals surface area contributed by atoms with Crippen molar-refractivity contribution in [3.8, 4) is 0 Å². The molecule has 1 rings (SSSR count). The third-order valence-electron chi connectivity index (χ3n) is 2.65. The van der Waals surface area contributed by atoms with Crippen molar-refractivity contribution >= 4 is 40.5 Å². The fraction of sp³-hybridized carbons (Fsp3) is 0.429. The van der Waals surface area contributed by atoms with Gasteiger partial charge in [0, 0.05) is 6.42 Å². The molecule has 0 aliphatic rings. The minimum absolute atomic E-state index is 0.348. The van der Waals surface area contributed by atoms with Crippen LogP contribution < -0.4 is 11.1 Å². The minimum Gasteiger partial charge on any atom is -0.387 e. The molecule has 0 amide bonds. The van der Waals surface area contributed by atoms with Crippen molar-refractivity contribution in [1.29, 1.82) is 0 Å². The van der Waals surface area contributed by atoms with Crippen LogP contribution in [-0.2, 0) is 0 Å². The van der Waals surface area contributed by atoms with E-state index in [1.165, 1.54) is 19.3 Å². The van der Waals surface area contributed by atoms with E-state index in [4.69, 9.17) is 29.6 Å². The molecule has 0 aliphatic heterocycles. The highest BCUT2D eigenvalue weighted by atomic mass is 35.5. The van der Waals surface area contributed by atoms with Gasteiger partial charge in [-0.05, 0) is 30.8 Å². The number of nitrogens with two attached hydrogens (primary N) is 1. The van der Waals surface area contributed by atoms with Gasteiger partial charge in [0.05, 0.1) is 10.7 Å². The summed E-state index contributed by atoms with van der Waals surface area (Å²) < 4.78 is 0. The van der Waals surface area contributed by atoms with Crippen LogP contribution in [0.2, 0.25) is 5.02 Å². The molecule has 0 saturated carbocycles. The van der Waals surface area contributed by atoms with Crippen LogP contribution in [0.3, 0.4) is 0 Å². The fourth-order valence-electron chi connectivity index (χ4n) is 1.62. The third-order valence-corrected chi connectivity index (χ3v) is 3.17. The van der Waals surface area contributed by atoms with Gasteiger partial charge in [0.25, 0.3) is 0 Å². The van der Waals surface area contributed by atoms with Gasteiger partial charge in [-0.1, -0.05) is 49.9 Å². The zero-order valence-electron chi connectivity index (χ0n) is 11.2. The zero-order chi connectivity index (χ0) is 14.1. The Balaban J connectivity index is 2.43. The molecular weight excluding hydrogens is 278 g/mol. The second kappa shape index (κ2) is 8.88. The van der Waals surface area contributed by atoms with Gasteiger partial charge in [0.1, 0.15) is 5.84 Å². The van der Waals surface area contributed by atoms with Crippen LogP contribution in [0.5, 0.6) is 0 Å². The topological polar surface area (TPSA) is 50.4 Å². The van der Waals surface area contributed by atoms with Crippen LogP contribution in [0.15, 0.2) is 29.3 Å². The van der Waals surface area contributed by atoms with E-state index in [-0.39, 0.29) is 0 Å². The number of aliphatic imine (C=N–C) groups is 1. The molecule has 3 N–H and O–H groups in total. The Morgan fingerprint density at radius 1 is 1.32 bits per heavy atom. The number of unbranched alkanes of at least 4 members (excludes halogenated alkanes) is 3. The molecule has 5 heteroatoms. The maximum atomic E-state index is 6.02. The quantitative estimate of drug-likeness (QED) is 0.355. The second-order valence-corrected chi connectivity index (χ2v) is 5.12. The lowest BCUT2D eigenvalue weighted by Crippen LogP contribution is -2.17. The van der Waals surface area contributed by atoms with E-state index in [0.717, 1.165) is 18.5 Å². The van der Waals surface area contributed by atoms with Crippen molar-refractivity contribution < 1.29 is 0 Å². The summed E-state index contributed by atoms with van der Waals surface area (Å²) in [4.78, 5) is 4.17. The number of thiocarbonyl (C=S) groups is 1. The molecule has 19 heavy (non-hydrogen) atoms. The number of benzene rings is 1. The van der Waals surface area contributed by atoms with E-state index in [0.29, 0.717) is 16.0 Å². The van der Waals surface area contributed by atoms with E-state index in [1.54, 1.807) is 6.07 Å². The van der Waals surface area contributed by atoms with Crippen molar-refractivity contribution in [2.75, 3.05) is 5.32 Å². The average molecular weight is 298 g/mol. The number of anilines is 1. The van der Waals surface area contributed by atoms with Crippen molar-refractivity contribution in [3.63, 3.8) is 0 Å². The van der Waals surface area contributed by atoms with Crippen molar-refractivity contribution in [1.82, 2.24) is 0 Å². The highest BCUT2D eigenvalue weighted by Gasteiger charge is 2.01. The lowest BCUT2D eigenvalue weighted by Gasteiger charge is -2.07. The Kier molecular flexibility index (Phi) is 7.45. The smallest absolute Gasteiger partial charge is 0.198 e. The maximum absolute atomic E-state index is 6.02. The fourth-order valence-corrected chi connectivity index (χ4v) is 2.04. The van der Waals surface area contributed by atoms with E-state index < -0.39 is 0 Å². The zero-order valence-corrected chi connectivity index (χ0v) is 12.7. The van der Waals surface area contributed by atoms with Gasteiger partial charge in [-0.15, -0.1) is 0 Å². The molecule has 0 radical (unpaired) electrons. The molecule has 0 aliphatic carbocycles.